The van der Waals surface area contributed by atoms with Crippen LogP contribution in [-0.4, -0.2) is 32.5 Å². The summed E-state index contributed by atoms with van der Waals surface area (Å²) in [6, 6.07) is 0.0988. The Hall–Kier alpha value is -0.940. The molecule has 0 saturated carbocycles. The van der Waals surface area contributed by atoms with Crippen LogP contribution in [0.3, 0.4) is 0 Å². The first-order valence-corrected chi connectivity index (χ1v) is 4.89. The van der Waals surface area contributed by atoms with Gasteiger partial charge in [0.1, 0.15) is 5.82 Å². The molecular formula is C9H16N4S. The van der Waals surface area contributed by atoms with Gasteiger partial charge < -0.3 is 10.3 Å². The van der Waals surface area contributed by atoms with Gasteiger partial charge in [0.15, 0.2) is 0 Å². The number of hydrogen-bond donors (Lipinski definition) is 1. The number of aryl methyl sites for hydroxylation is 1. The van der Waals surface area contributed by atoms with E-state index in [2.05, 4.69) is 9.88 Å². The molecule has 0 bridgehead atoms. The minimum absolute atomic E-state index is 0.0988. The van der Waals surface area contributed by atoms with Gasteiger partial charge in [0.2, 0.25) is 0 Å². The van der Waals surface area contributed by atoms with Crippen molar-refractivity contribution in [3.8, 4) is 0 Å². The van der Waals surface area contributed by atoms with Crippen LogP contribution in [0.25, 0.3) is 0 Å². The summed E-state index contributed by atoms with van der Waals surface area (Å²) in [5.41, 5.74) is 5.57. The van der Waals surface area contributed by atoms with Crippen molar-refractivity contribution in [3.63, 3.8) is 0 Å². The fourth-order valence-electron chi connectivity index (χ4n) is 1.13. The minimum atomic E-state index is 0.0988. The van der Waals surface area contributed by atoms with Crippen LogP contribution in [0.5, 0.6) is 0 Å². The summed E-state index contributed by atoms with van der Waals surface area (Å²) >= 11 is 4.93. The van der Waals surface area contributed by atoms with Gasteiger partial charge in [-0.1, -0.05) is 12.2 Å². The third-order valence-corrected chi connectivity index (χ3v) is 2.73. The summed E-state index contributed by atoms with van der Waals surface area (Å²) in [5, 5.41) is 0. The molecular weight excluding hydrogens is 196 g/mol. The standard InChI is InChI=1S/C9H16N4S/c1-7(9(10)14)13(3)6-8-11-4-5-12(8)2/h4-5,7H,6H2,1-3H3,(H2,10,14). The third kappa shape index (κ3) is 2.52. The second kappa shape index (κ2) is 4.52. The van der Waals surface area contributed by atoms with Crippen LogP contribution >= 0.6 is 12.2 Å². The smallest absolute Gasteiger partial charge is 0.122 e. The Morgan fingerprint density at radius 2 is 2.43 bits per heavy atom. The van der Waals surface area contributed by atoms with E-state index in [1.54, 1.807) is 6.20 Å². The molecule has 0 aliphatic heterocycles. The van der Waals surface area contributed by atoms with E-state index in [1.807, 2.05) is 31.8 Å². The van der Waals surface area contributed by atoms with Gasteiger partial charge in [0.05, 0.1) is 17.6 Å². The van der Waals surface area contributed by atoms with Crippen molar-refractivity contribution in [2.75, 3.05) is 7.05 Å². The van der Waals surface area contributed by atoms with E-state index in [0.29, 0.717) is 4.99 Å². The lowest BCUT2D eigenvalue weighted by Crippen LogP contribution is -2.39. The van der Waals surface area contributed by atoms with Crippen molar-refractivity contribution in [2.24, 2.45) is 12.8 Å². The van der Waals surface area contributed by atoms with E-state index in [9.17, 15) is 0 Å². The van der Waals surface area contributed by atoms with Gasteiger partial charge in [-0.2, -0.15) is 0 Å². The summed E-state index contributed by atoms with van der Waals surface area (Å²) in [6.07, 6.45) is 3.71. The first-order chi connectivity index (χ1) is 6.52. The van der Waals surface area contributed by atoms with Gasteiger partial charge in [0.25, 0.3) is 0 Å². The van der Waals surface area contributed by atoms with Gasteiger partial charge in [-0.25, -0.2) is 4.98 Å². The van der Waals surface area contributed by atoms with Crippen LogP contribution in [0.15, 0.2) is 12.4 Å². The number of hydrogen-bond acceptors (Lipinski definition) is 3. The van der Waals surface area contributed by atoms with E-state index in [4.69, 9.17) is 18.0 Å². The average molecular weight is 212 g/mol. The van der Waals surface area contributed by atoms with Crippen LogP contribution in [0.2, 0.25) is 0 Å². The maximum atomic E-state index is 5.57. The molecule has 0 aliphatic rings. The first kappa shape index (κ1) is 11.1. The van der Waals surface area contributed by atoms with Gasteiger partial charge in [-0.3, -0.25) is 4.90 Å². The second-order valence-electron chi connectivity index (χ2n) is 3.45. The highest BCUT2D eigenvalue weighted by molar-refractivity contribution is 7.80. The van der Waals surface area contributed by atoms with Gasteiger partial charge >= 0.3 is 0 Å². The zero-order chi connectivity index (χ0) is 10.7. The van der Waals surface area contributed by atoms with Crippen LogP contribution in [-0.2, 0) is 13.6 Å². The molecule has 14 heavy (non-hydrogen) atoms. The van der Waals surface area contributed by atoms with E-state index >= 15 is 0 Å². The van der Waals surface area contributed by atoms with E-state index in [-0.39, 0.29) is 6.04 Å². The summed E-state index contributed by atoms with van der Waals surface area (Å²) in [4.78, 5) is 6.82. The van der Waals surface area contributed by atoms with Crippen LogP contribution < -0.4 is 5.73 Å². The van der Waals surface area contributed by atoms with Crippen molar-refractivity contribution in [2.45, 2.75) is 19.5 Å². The second-order valence-corrected chi connectivity index (χ2v) is 3.92. The van der Waals surface area contributed by atoms with E-state index in [1.165, 1.54) is 0 Å². The van der Waals surface area contributed by atoms with Crippen molar-refractivity contribution in [1.29, 1.82) is 0 Å². The Morgan fingerprint density at radius 3 is 2.86 bits per heavy atom. The SMILES string of the molecule is CC(C(N)=S)N(C)Cc1nccn1C. The molecule has 1 aromatic rings. The fourth-order valence-corrected chi connectivity index (χ4v) is 1.31. The lowest BCUT2D eigenvalue weighted by molar-refractivity contribution is 0.293. The van der Waals surface area contributed by atoms with Crippen LogP contribution in [0.1, 0.15) is 12.7 Å². The largest absolute Gasteiger partial charge is 0.392 e. The molecule has 1 unspecified atom stereocenters. The summed E-state index contributed by atoms with van der Waals surface area (Å²) in [6.45, 7) is 2.74. The number of imidazole rings is 1. The topological polar surface area (TPSA) is 47.1 Å². The molecule has 4 nitrogen and oxygen atoms in total. The number of likely N-dealkylation sites (N-methyl/N-ethyl adjacent to an activating group) is 1. The Balaban J connectivity index is 2.61. The molecule has 0 fully saturated rings. The minimum Gasteiger partial charge on any atom is -0.392 e. The quantitative estimate of drug-likeness (QED) is 0.739. The monoisotopic (exact) mass is 212 g/mol. The molecule has 0 amide bonds. The molecule has 0 radical (unpaired) electrons. The molecule has 0 aliphatic carbocycles. The molecule has 0 aromatic carbocycles. The molecule has 78 valence electrons. The van der Waals surface area contributed by atoms with Crippen LogP contribution in [0.4, 0.5) is 0 Å². The number of rotatable bonds is 4. The summed E-state index contributed by atoms with van der Waals surface area (Å²) in [7, 11) is 3.96. The molecule has 2 N–H and O–H groups in total. The summed E-state index contributed by atoms with van der Waals surface area (Å²) < 4.78 is 1.99. The highest BCUT2D eigenvalue weighted by Crippen LogP contribution is 2.03. The molecule has 1 atom stereocenters. The molecule has 1 aromatic heterocycles. The maximum Gasteiger partial charge on any atom is 0.122 e. The van der Waals surface area contributed by atoms with Gasteiger partial charge in [-0.05, 0) is 14.0 Å². The Morgan fingerprint density at radius 1 is 1.79 bits per heavy atom. The Bertz CT molecular complexity index is 320. The maximum absolute atomic E-state index is 5.57. The lowest BCUT2D eigenvalue weighted by atomic mass is 10.3. The number of aromatic nitrogens is 2. The third-order valence-electron chi connectivity index (χ3n) is 2.38. The van der Waals surface area contributed by atoms with Crippen molar-refractivity contribution in [1.82, 2.24) is 14.5 Å². The first-order valence-electron chi connectivity index (χ1n) is 4.48. The van der Waals surface area contributed by atoms with E-state index < -0.39 is 0 Å². The molecule has 1 rings (SSSR count). The number of thiocarbonyl (C=S) groups is 1. The molecule has 0 spiro atoms. The molecule has 0 saturated heterocycles. The van der Waals surface area contributed by atoms with Gasteiger partial charge in [-0.15, -0.1) is 0 Å². The van der Waals surface area contributed by atoms with E-state index in [0.717, 1.165) is 12.4 Å². The number of nitrogens with two attached hydrogens (primary N) is 1. The number of nitrogens with zero attached hydrogens (tertiary/aromatic N) is 3. The highest BCUT2D eigenvalue weighted by Gasteiger charge is 2.13. The summed E-state index contributed by atoms with van der Waals surface area (Å²) in [5.74, 6) is 1.01. The normalized spacial score (nSPS) is 13.1. The van der Waals surface area contributed by atoms with Crippen molar-refractivity contribution < 1.29 is 0 Å². The Kier molecular flexibility index (Phi) is 3.60. The van der Waals surface area contributed by atoms with Crippen molar-refractivity contribution >= 4 is 17.2 Å². The zero-order valence-corrected chi connectivity index (χ0v) is 9.58. The van der Waals surface area contributed by atoms with Crippen molar-refractivity contribution in [3.05, 3.63) is 18.2 Å². The molecule has 1 heterocycles. The fraction of sp³-hybridized carbons (Fsp3) is 0.556. The predicted molar refractivity (Wildman–Crippen MR) is 60.9 cm³/mol. The molecule has 5 heteroatoms. The Labute approximate surface area is 89.7 Å². The predicted octanol–water partition coefficient (Wildman–Crippen LogP) is 0.526. The zero-order valence-electron chi connectivity index (χ0n) is 8.77. The average Bonchev–Trinajstić information content (AvgIpc) is 2.50. The van der Waals surface area contributed by atoms with Gasteiger partial charge in [0, 0.05) is 19.4 Å². The van der Waals surface area contributed by atoms with Crippen LogP contribution in [0, 0.1) is 0 Å². The highest BCUT2D eigenvalue weighted by atomic mass is 32.1. The lowest BCUT2D eigenvalue weighted by Gasteiger charge is -2.22.